The van der Waals surface area contributed by atoms with Crippen LogP contribution in [-0.4, -0.2) is 4.98 Å². The zero-order valence-corrected chi connectivity index (χ0v) is 10.5. The summed E-state index contributed by atoms with van der Waals surface area (Å²) in [5.41, 5.74) is 3.01. The summed E-state index contributed by atoms with van der Waals surface area (Å²) in [6.07, 6.45) is 1.55. The van der Waals surface area contributed by atoms with E-state index in [2.05, 4.69) is 16.8 Å². The largest absolute Gasteiger partial charge is 0.243 e. The van der Waals surface area contributed by atoms with Gasteiger partial charge in [-0.05, 0) is 24.6 Å². The summed E-state index contributed by atoms with van der Waals surface area (Å²) in [7, 11) is 0. The molecule has 0 aliphatic heterocycles. The number of aryl methyl sites for hydroxylation is 1. The average molecular weight is 253 g/mol. The Morgan fingerprint density at radius 2 is 2.00 bits per heavy atom. The lowest BCUT2D eigenvalue weighted by Crippen LogP contribution is -1.86. The summed E-state index contributed by atoms with van der Waals surface area (Å²) in [6, 6.07) is 11.5. The van der Waals surface area contributed by atoms with Crippen molar-refractivity contribution in [3.63, 3.8) is 0 Å². The quantitative estimate of drug-likeness (QED) is 0.675. The fourth-order valence-corrected chi connectivity index (χ4v) is 1.65. The molecule has 86 valence electrons. The Morgan fingerprint density at radius 1 is 1.22 bits per heavy atom. The van der Waals surface area contributed by atoms with Gasteiger partial charge in [0.1, 0.15) is 6.07 Å². The highest BCUT2D eigenvalue weighted by Gasteiger charge is 2.00. The van der Waals surface area contributed by atoms with Gasteiger partial charge >= 0.3 is 0 Å². The molecule has 0 N–H and O–H groups in total. The number of rotatable bonds is 0. The van der Waals surface area contributed by atoms with Crippen molar-refractivity contribution in [2.24, 2.45) is 0 Å². The van der Waals surface area contributed by atoms with Crippen LogP contribution in [0.4, 0.5) is 0 Å². The normalized spacial score (nSPS) is 9.17. The van der Waals surface area contributed by atoms with Gasteiger partial charge in [-0.1, -0.05) is 41.6 Å². The fourth-order valence-electron chi connectivity index (χ4n) is 1.44. The van der Waals surface area contributed by atoms with E-state index in [0.717, 1.165) is 11.1 Å². The van der Waals surface area contributed by atoms with E-state index in [1.54, 1.807) is 12.3 Å². The van der Waals surface area contributed by atoms with Crippen LogP contribution in [-0.2, 0) is 0 Å². The molecule has 0 spiro atoms. The number of halogens is 1. The Morgan fingerprint density at radius 3 is 2.67 bits per heavy atom. The van der Waals surface area contributed by atoms with Gasteiger partial charge < -0.3 is 0 Å². The third-order valence-electron chi connectivity index (χ3n) is 2.43. The monoisotopic (exact) mass is 252 g/mol. The summed E-state index contributed by atoms with van der Waals surface area (Å²) >= 11 is 5.89. The van der Waals surface area contributed by atoms with Crippen molar-refractivity contribution in [1.82, 2.24) is 4.98 Å². The molecule has 0 fully saturated rings. The molecule has 0 saturated carbocycles. The van der Waals surface area contributed by atoms with Crippen molar-refractivity contribution < 1.29 is 0 Å². The van der Waals surface area contributed by atoms with E-state index < -0.39 is 0 Å². The summed E-state index contributed by atoms with van der Waals surface area (Å²) in [5.74, 6) is 6.05. The predicted molar refractivity (Wildman–Crippen MR) is 71.1 cm³/mol. The highest BCUT2D eigenvalue weighted by molar-refractivity contribution is 6.31. The van der Waals surface area contributed by atoms with Crippen LogP contribution in [0, 0.1) is 30.1 Å². The van der Waals surface area contributed by atoms with Gasteiger partial charge in [-0.15, -0.1) is 0 Å². The number of hydrogen-bond acceptors (Lipinski definition) is 2. The number of pyridine rings is 1. The van der Waals surface area contributed by atoms with Crippen LogP contribution in [0.15, 0.2) is 36.5 Å². The Bertz CT molecular complexity index is 688. The summed E-state index contributed by atoms with van der Waals surface area (Å²) in [5, 5.41) is 9.05. The second kappa shape index (κ2) is 5.36. The molecule has 2 aromatic rings. The molecule has 0 amide bonds. The van der Waals surface area contributed by atoms with Crippen molar-refractivity contribution in [2.75, 3.05) is 0 Å². The van der Waals surface area contributed by atoms with E-state index in [4.69, 9.17) is 16.9 Å². The molecule has 0 saturated heterocycles. The molecule has 1 aromatic carbocycles. The average Bonchev–Trinajstić information content (AvgIpc) is 2.38. The number of aromatic nitrogens is 1. The first-order chi connectivity index (χ1) is 8.70. The Balaban J connectivity index is 2.34. The molecule has 0 aliphatic rings. The second-order valence-electron chi connectivity index (χ2n) is 3.73. The van der Waals surface area contributed by atoms with Crippen LogP contribution in [0.1, 0.15) is 22.4 Å². The molecule has 18 heavy (non-hydrogen) atoms. The minimum Gasteiger partial charge on any atom is -0.243 e. The topological polar surface area (TPSA) is 36.7 Å². The second-order valence-corrected chi connectivity index (χ2v) is 4.14. The van der Waals surface area contributed by atoms with Crippen LogP contribution in [0.5, 0.6) is 0 Å². The summed E-state index contributed by atoms with van der Waals surface area (Å²) in [4.78, 5) is 3.94. The van der Waals surface area contributed by atoms with Gasteiger partial charge in [0.2, 0.25) is 0 Å². The zero-order valence-electron chi connectivity index (χ0n) is 9.74. The van der Waals surface area contributed by atoms with E-state index >= 15 is 0 Å². The maximum absolute atomic E-state index is 8.72. The van der Waals surface area contributed by atoms with Crippen LogP contribution >= 0.6 is 11.6 Å². The van der Waals surface area contributed by atoms with Crippen LogP contribution in [0.2, 0.25) is 5.02 Å². The van der Waals surface area contributed by atoms with Crippen molar-refractivity contribution in [2.45, 2.75) is 6.92 Å². The Labute approximate surface area is 111 Å². The van der Waals surface area contributed by atoms with Crippen molar-refractivity contribution in [3.8, 4) is 17.9 Å². The third kappa shape index (κ3) is 2.69. The van der Waals surface area contributed by atoms with Gasteiger partial charge in [0.15, 0.2) is 5.69 Å². The smallest absolute Gasteiger partial charge is 0.159 e. The molecule has 0 radical (unpaired) electrons. The standard InChI is InChI=1S/C15H9ClN2/c1-11-4-2-3-5-13(11)7-6-12-8-14(16)15(9-17)18-10-12/h2-5,8,10H,1H3. The molecular formula is C15H9ClN2. The first kappa shape index (κ1) is 12.2. The van der Waals surface area contributed by atoms with Gasteiger partial charge in [-0.3, -0.25) is 0 Å². The highest BCUT2D eigenvalue weighted by Crippen LogP contribution is 2.13. The van der Waals surface area contributed by atoms with Gasteiger partial charge in [0, 0.05) is 17.3 Å². The van der Waals surface area contributed by atoms with Crippen LogP contribution in [0.25, 0.3) is 0 Å². The summed E-state index contributed by atoms with van der Waals surface area (Å²) in [6.45, 7) is 2.01. The molecule has 0 aliphatic carbocycles. The van der Waals surface area contributed by atoms with E-state index in [9.17, 15) is 0 Å². The maximum atomic E-state index is 8.72. The Kier molecular flexibility index (Phi) is 3.63. The molecule has 2 nitrogen and oxygen atoms in total. The van der Waals surface area contributed by atoms with E-state index in [-0.39, 0.29) is 5.69 Å². The van der Waals surface area contributed by atoms with Gasteiger partial charge in [0.05, 0.1) is 5.02 Å². The SMILES string of the molecule is Cc1ccccc1C#Cc1cnc(C#N)c(Cl)c1. The minimum absolute atomic E-state index is 0.220. The molecule has 2 rings (SSSR count). The first-order valence-electron chi connectivity index (χ1n) is 5.34. The molecule has 0 atom stereocenters. The number of hydrogen-bond donors (Lipinski definition) is 0. The third-order valence-corrected chi connectivity index (χ3v) is 2.72. The number of nitrogens with zero attached hydrogens (tertiary/aromatic N) is 2. The molecule has 0 bridgehead atoms. The molecule has 1 aromatic heterocycles. The van der Waals surface area contributed by atoms with Gasteiger partial charge in [-0.25, -0.2) is 4.98 Å². The molecule has 1 heterocycles. The van der Waals surface area contributed by atoms with Crippen molar-refractivity contribution in [1.29, 1.82) is 5.26 Å². The van der Waals surface area contributed by atoms with Crippen LogP contribution in [0.3, 0.4) is 0 Å². The van der Waals surface area contributed by atoms with Crippen molar-refractivity contribution >= 4 is 11.6 Å². The zero-order chi connectivity index (χ0) is 13.0. The van der Waals surface area contributed by atoms with Crippen molar-refractivity contribution in [3.05, 3.63) is 63.9 Å². The van der Waals surface area contributed by atoms with E-state index in [1.165, 1.54) is 0 Å². The maximum Gasteiger partial charge on any atom is 0.159 e. The lowest BCUT2D eigenvalue weighted by molar-refractivity contribution is 1.25. The van der Waals surface area contributed by atoms with Gasteiger partial charge in [-0.2, -0.15) is 5.26 Å². The van der Waals surface area contributed by atoms with Gasteiger partial charge in [0.25, 0.3) is 0 Å². The lowest BCUT2D eigenvalue weighted by atomic mass is 10.1. The molecular weight excluding hydrogens is 244 g/mol. The fraction of sp³-hybridized carbons (Fsp3) is 0.0667. The predicted octanol–water partition coefficient (Wildman–Crippen LogP) is 3.31. The minimum atomic E-state index is 0.220. The number of nitriles is 1. The highest BCUT2D eigenvalue weighted by atomic mass is 35.5. The summed E-state index contributed by atoms with van der Waals surface area (Å²) < 4.78 is 0. The van der Waals surface area contributed by atoms with E-state index in [1.807, 2.05) is 37.3 Å². The Hall–Kier alpha value is -2.29. The van der Waals surface area contributed by atoms with Crippen LogP contribution < -0.4 is 0 Å². The molecule has 0 unspecified atom stereocenters. The van der Waals surface area contributed by atoms with E-state index in [0.29, 0.717) is 10.6 Å². The number of benzene rings is 1. The lowest BCUT2D eigenvalue weighted by Gasteiger charge is -1.96. The molecule has 3 heteroatoms. The first-order valence-corrected chi connectivity index (χ1v) is 5.72.